The van der Waals surface area contributed by atoms with Gasteiger partial charge in [0.25, 0.3) is 0 Å². The fourth-order valence-corrected chi connectivity index (χ4v) is 2.18. The molecule has 0 fully saturated rings. The van der Waals surface area contributed by atoms with Crippen LogP contribution in [0.3, 0.4) is 0 Å². The average molecular weight is 289 g/mol. The molecule has 20 heavy (non-hydrogen) atoms. The van der Waals surface area contributed by atoms with Gasteiger partial charge in [0, 0.05) is 12.5 Å². The molecule has 5 nitrogen and oxygen atoms in total. The van der Waals surface area contributed by atoms with Crippen LogP contribution < -0.4 is 4.74 Å². The van der Waals surface area contributed by atoms with Gasteiger partial charge in [0.15, 0.2) is 5.65 Å². The number of aromatic nitrogens is 4. The zero-order chi connectivity index (χ0) is 13.9. The highest BCUT2D eigenvalue weighted by atomic mass is 35.5. The number of ether oxygens (including phenoxy) is 1. The zero-order valence-corrected chi connectivity index (χ0v) is 11.7. The molecule has 0 amide bonds. The minimum atomic E-state index is 0.423. The summed E-state index contributed by atoms with van der Waals surface area (Å²) in [5.74, 6) is 1.74. The molecule has 102 valence electrons. The predicted molar refractivity (Wildman–Crippen MR) is 76.2 cm³/mol. The van der Waals surface area contributed by atoms with E-state index in [1.165, 1.54) is 5.56 Å². The first-order chi connectivity index (χ1) is 9.76. The number of nitrogens with zero attached hydrogens (tertiary/aromatic N) is 4. The highest BCUT2D eigenvalue weighted by molar-refractivity contribution is 6.29. The van der Waals surface area contributed by atoms with Crippen LogP contribution in [0.4, 0.5) is 0 Å². The third kappa shape index (κ3) is 2.58. The quantitative estimate of drug-likeness (QED) is 0.693. The number of hydrogen-bond acceptors (Lipinski definition) is 4. The van der Waals surface area contributed by atoms with E-state index in [9.17, 15) is 0 Å². The Balaban J connectivity index is 1.76. The molecule has 0 radical (unpaired) electrons. The van der Waals surface area contributed by atoms with Crippen LogP contribution in [-0.2, 0) is 12.8 Å². The molecule has 3 aromatic rings. The van der Waals surface area contributed by atoms with Crippen molar-refractivity contribution in [3.8, 4) is 5.75 Å². The summed E-state index contributed by atoms with van der Waals surface area (Å²) < 4.78 is 7.00. The molecule has 0 bridgehead atoms. The van der Waals surface area contributed by atoms with Crippen LogP contribution in [-0.4, -0.2) is 26.7 Å². The number of methoxy groups -OCH3 is 1. The topological polar surface area (TPSA) is 52.3 Å². The van der Waals surface area contributed by atoms with Crippen LogP contribution in [0.1, 0.15) is 11.4 Å². The lowest BCUT2D eigenvalue weighted by atomic mass is 10.1. The first kappa shape index (κ1) is 12.9. The number of rotatable bonds is 4. The normalized spacial score (nSPS) is 10.9. The Morgan fingerprint density at radius 3 is 2.70 bits per heavy atom. The first-order valence-electron chi connectivity index (χ1n) is 6.24. The second-order valence-electron chi connectivity index (χ2n) is 4.40. The van der Waals surface area contributed by atoms with Gasteiger partial charge in [-0.15, -0.1) is 10.2 Å². The monoisotopic (exact) mass is 288 g/mol. The molecule has 2 aromatic heterocycles. The number of aryl methyl sites for hydroxylation is 2. The highest BCUT2D eigenvalue weighted by Crippen LogP contribution is 2.14. The molecule has 6 heteroatoms. The molecule has 0 saturated carbocycles. The summed E-state index contributed by atoms with van der Waals surface area (Å²) in [6, 6.07) is 9.72. The second kappa shape index (κ2) is 5.46. The summed E-state index contributed by atoms with van der Waals surface area (Å²) >= 11 is 5.83. The van der Waals surface area contributed by atoms with E-state index >= 15 is 0 Å². The Hall–Kier alpha value is -2.14. The smallest absolute Gasteiger partial charge is 0.165 e. The molecular formula is C14H13ClN4O. The van der Waals surface area contributed by atoms with Gasteiger partial charge < -0.3 is 4.74 Å². The van der Waals surface area contributed by atoms with Gasteiger partial charge in [0.1, 0.15) is 23.1 Å². The van der Waals surface area contributed by atoms with Gasteiger partial charge in [-0.25, -0.2) is 4.98 Å². The average Bonchev–Trinajstić information content (AvgIpc) is 2.88. The highest BCUT2D eigenvalue weighted by Gasteiger charge is 2.06. The van der Waals surface area contributed by atoms with Crippen LogP contribution in [0.5, 0.6) is 5.75 Å². The fourth-order valence-electron chi connectivity index (χ4n) is 2.04. The lowest BCUT2D eigenvalue weighted by Crippen LogP contribution is -1.99. The Kier molecular flexibility index (Phi) is 3.52. The second-order valence-corrected chi connectivity index (χ2v) is 4.79. The van der Waals surface area contributed by atoms with E-state index in [0.717, 1.165) is 30.1 Å². The van der Waals surface area contributed by atoms with Crippen LogP contribution in [0.2, 0.25) is 5.15 Å². The predicted octanol–water partition coefficient (Wildman–Crippen LogP) is 2.57. The van der Waals surface area contributed by atoms with Crippen LogP contribution in [0.15, 0.2) is 36.7 Å². The third-order valence-corrected chi connectivity index (χ3v) is 3.34. The molecule has 0 spiro atoms. The summed E-state index contributed by atoms with van der Waals surface area (Å²) in [7, 11) is 1.66. The maximum Gasteiger partial charge on any atom is 0.165 e. The van der Waals surface area contributed by atoms with Crippen molar-refractivity contribution in [2.24, 2.45) is 0 Å². The Labute approximate surface area is 121 Å². The fraction of sp³-hybridized carbons (Fsp3) is 0.214. The summed E-state index contributed by atoms with van der Waals surface area (Å²) in [5, 5.41) is 8.69. The van der Waals surface area contributed by atoms with Gasteiger partial charge in [0.05, 0.1) is 7.11 Å². The van der Waals surface area contributed by atoms with E-state index in [1.807, 2.05) is 16.5 Å². The van der Waals surface area contributed by atoms with Crippen molar-refractivity contribution in [1.29, 1.82) is 0 Å². The molecule has 0 unspecified atom stereocenters. The van der Waals surface area contributed by atoms with Crippen molar-refractivity contribution in [2.45, 2.75) is 12.8 Å². The van der Waals surface area contributed by atoms with Gasteiger partial charge in [-0.05, 0) is 24.1 Å². The lowest BCUT2D eigenvalue weighted by Gasteiger charge is -2.03. The maximum absolute atomic E-state index is 5.83. The standard InChI is InChI=1S/C14H13ClN4O/c1-20-11-5-2-10(3-6-11)4-7-13-17-18-14-8-12(15)16-9-19(13)14/h2-3,5-6,8-9H,4,7H2,1H3. The number of halogens is 1. The summed E-state index contributed by atoms with van der Waals surface area (Å²) in [6.45, 7) is 0. The molecular weight excluding hydrogens is 276 g/mol. The minimum Gasteiger partial charge on any atom is -0.497 e. The first-order valence-corrected chi connectivity index (χ1v) is 6.62. The van der Waals surface area contributed by atoms with E-state index in [2.05, 4.69) is 27.3 Å². The molecule has 0 aliphatic carbocycles. The van der Waals surface area contributed by atoms with Gasteiger partial charge in [0.2, 0.25) is 0 Å². The molecule has 0 saturated heterocycles. The van der Waals surface area contributed by atoms with E-state index in [-0.39, 0.29) is 0 Å². The van der Waals surface area contributed by atoms with Crippen LogP contribution >= 0.6 is 11.6 Å². The Bertz CT molecular complexity index is 724. The lowest BCUT2D eigenvalue weighted by molar-refractivity contribution is 0.414. The van der Waals surface area contributed by atoms with Crippen molar-refractivity contribution in [1.82, 2.24) is 19.6 Å². The van der Waals surface area contributed by atoms with Crippen molar-refractivity contribution in [3.05, 3.63) is 53.2 Å². The van der Waals surface area contributed by atoms with Crippen molar-refractivity contribution in [2.75, 3.05) is 7.11 Å². The van der Waals surface area contributed by atoms with Gasteiger partial charge in [-0.2, -0.15) is 0 Å². The van der Waals surface area contributed by atoms with E-state index in [4.69, 9.17) is 16.3 Å². The van der Waals surface area contributed by atoms with Crippen molar-refractivity contribution < 1.29 is 4.74 Å². The Morgan fingerprint density at radius 1 is 1.15 bits per heavy atom. The number of fused-ring (bicyclic) bond motifs is 1. The number of hydrogen-bond donors (Lipinski definition) is 0. The maximum atomic E-state index is 5.83. The SMILES string of the molecule is COc1ccc(CCc2nnc3cc(Cl)ncn23)cc1. The van der Waals surface area contributed by atoms with Gasteiger partial charge >= 0.3 is 0 Å². The van der Waals surface area contributed by atoms with E-state index in [0.29, 0.717) is 5.15 Å². The van der Waals surface area contributed by atoms with Gasteiger partial charge in [-0.3, -0.25) is 4.40 Å². The van der Waals surface area contributed by atoms with E-state index in [1.54, 1.807) is 19.5 Å². The molecule has 0 N–H and O–H groups in total. The molecule has 0 aliphatic rings. The van der Waals surface area contributed by atoms with Gasteiger partial charge in [-0.1, -0.05) is 23.7 Å². The summed E-state index contributed by atoms with van der Waals surface area (Å²) in [5.41, 5.74) is 1.94. The van der Waals surface area contributed by atoms with Crippen molar-refractivity contribution >= 4 is 17.2 Å². The van der Waals surface area contributed by atoms with Crippen LogP contribution in [0.25, 0.3) is 5.65 Å². The Morgan fingerprint density at radius 2 is 1.95 bits per heavy atom. The largest absolute Gasteiger partial charge is 0.497 e. The summed E-state index contributed by atoms with van der Waals surface area (Å²) in [6.07, 6.45) is 3.32. The molecule has 1 aromatic carbocycles. The molecule has 2 heterocycles. The molecule has 3 rings (SSSR count). The third-order valence-electron chi connectivity index (χ3n) is 3.13. The summed E-state index contributed by atoms with van der Waals surface area (Å²) in [4.78, 5) is 4.05. The number of benzene rings is 1. The van der Waals surface area contributed by atoms with Crippen LogP contribution in [0, 0.1) is 0 Å². The van der Waals surface area contributed by atoms with Crippen molar-refractivity contribution in [3.63, 3.8) is 0 Å². The molecule has 0 atom stereocenters. The zero-order valence-electron chi connectivity index (χ0n) is 11.0. The van der Waals surface area contributed by atoms with E-state index < -0.39 is 0 Å². The minimum absolute atomic E-state index is 0.423. The molecule has 0 aliphatic heterocycles.